The highest BCUT2D eigenvalue weighted by Gasteiger charge is 2.31. The molecule has 0 amide bonds. The summed E-state index contributed by atoms with van der Waals surface area (Å²) in [4.78, 5) is 0. The average molecular weight is 170 g/mol. The molecule has 0 fully saturated rings. The van der Waals surface area contributed by atoms with Crippen molar-refractivity contribution in [2.45, 2.75) is 54.9 Å². The highest BCUT2D eigenvalue weighted by atomic mass is 14.4. The molecule has 0 aromatic heterocycles. The lowest BCUT2D eigenvalue weighted by atomic mass is 9.66. The first-order chi connectivity index (χ1) is 5.34. The van der Waals surface area contributed by atoms with Crippen molar-refractivity contribution in [3.8, 4) is 0 Å². The van der Waals surface area contributed by atoms with Gasteiger partial charge in [-0.15, -0.1) is 0 Å². The minimum absolute atomic E-state index is 0.482. The molecule has 0 heteroatoms. The third-order valence-electron chi connectivity index (χ3n) is 4.16. The van der Waals surface area contributed by atoms with E-state index in [2.05, 4.69) is 48.5 Å². The average Bonchev–Trinajstić information content (AvgIpc) is 2.01. The molecule has 0 aromatic rings. The third-order valence-corrected chi connectivity index (χ3v) is 4.16. The van der Waals surface area contributed by atoms with Crippen molar-refractivity contribution in [3.05, 3.63) is 0 Å². The van der Waals surface area contributed by atoms with Gasteiger partial charge in [0, 0.05) is 0 Å². The number of rotatable bonds is 4. The fourth-order valence-electron chi connectivity index (χ4n) is 1.61. The summed E-state index contributed by atoms with van der Waals surface area (Å²) in [5, 5.41) is 0. The van der Waals surface area contributed by atoms with E-state index in [-0.39, 0.29) is 0 Å². The largest absolute Gasteiger partial charge is 0.0651 e. The van der Waals surface area contributed by atoms with E-state index in [9.17, 15) is 0 Å². The summed E-state index contributed by atoms with van der Waals surface area (Å²) in [6.45, 7) is 16.5. The Morgan fingerprint density at radius 3 is 1.67 bits per heavy atom. The maximum absolute atomic E-state index is 2.40. The zero-order valence-electron chi connectivity index (χ0n) is 9.94. The fourth-order valence-corrected chi connectivity index (χ4v) is 1.61. The van der Waals surface area contributed by atoms with Gasteiger partial charge in [-0.25, -0.2) is 0 Å². The first kappa shape index (κ1) is 12.0. The van der Waals surface area contributed by atoms with Crippen LogP contribution >= 0.6 is 0 Å². The molecule has 0 heterocycles. The maximum atomic E-state index is 2.40. The normalized spacial score (nSPS) is 18.0. The summed E-state index contributed by atoms with van der Waals surface area (Å²) in [5.41, 5.74) is 0.482. The highest BCUT2D eigenvalue weighted by Crippen LogP contribution is 2.39. The second-order valence-electron chi connectivity index (χ2n) is 5.15. The third kappa shape index (κ3) is 2.50. The van der Waals surface area contributed by atoms with Crippen LogP contribution < -0.4 is 0 Å². The minimum atomic E-state index is 0.482. The molecule has 0 nitrogen and oxygen atoms in total. The second kappa shape index (κ2) is 4.30. The molecular weight excluding hydrogens is 144 g/mol. The molecule has 0 saturated heterocycles. The summed E-state index contributed by atoms with van der Waals surface area (Å²) < 4.78 is 0. The molecule has 0 aromatic carbocycles. The zero-order chi connectivity index (χ0) is 9.94. The Hall–Kier alpha value is 0. The van der Waals surface area contributed by atoms with Gasteiger partial charge >= 0.3 is 0 Å². The molecular formula is C12H26. The van der Waals surface area contributed by atoms with E-state index in [0.717, 1.165) is 17.8 Å². The van der Waals surface area contributed by atoms with E-state index in [4.69, 9.17) is 0 Å². The Morgan fingerprint density at radius 1 is 1.00 bits per heavy atom. The molecule has 0 aliphatic carbocycles. The second-order valence-corrected chi connectivity index (χ2v) is 5.15. The Morgan fingerprint density at radius 2 is 1.42 bits per heavy atom. The van der Waals surface area contributed by atoms with Gasteiger partial charge in [-0.2, -0.15) is 0 Å². The van der Waals surface area contributed by atoms with Crippen LogP contribution in [-0.2, 0) is 0 Å². The van der Waals surface area contributed by atoms with Crippen molar-refractivity contribution in [3.63, 3.8) is 0 Å². The van der Waals surface area contributed by atoms with E-state index < -0.39 is 0 Å². The Labute approximate surface area is 78.8 Å². The SMILES string of the molecule is CCC(C)C(C)C(C)(C)C(C)C. The molecule has 0 spiro atoms. The lowest BCUT2D eigenvalue weighted by molar-refractivity contribution is 0.104. The molecule has 0 radical (unpaired) electrons. The molecule has 0 aliphatic rings. The molecule has 0 N–H and O–H groups in total. The van der Waals surface area contributed by atoms with Gasteiger partial charge in [0.25, 0.3) is 0 Å². The van der Waals surface area contributed by atoms with Crippen LogP contribution in [0.25, 0.3) is 0 Å². The van der Waals surface area contributed by atoms with E-state index in [1.807, 2.05) is 0 Å². The van der Waals surface area contributed by atoms with Crippen molar-refractivity contribution < 1.29 is 0 Å². The predicted molar refractivity (Wildman–Crippen MR) is 57.2 cm³/mol. The van der Waals surface area contributed by atoms with Gasteiger partial charge in [-0.3, -0.25) is 0 Å². The maximum Gasteiger partial charge on any atom is -0.0303 e. The highest BCUT2D eigenvalue weighted by molar-refractivity contribution is 4.80. The standard InChI is InChI=1S/C12H26/c1-8-10(4)11(5)12(6,7)9(2)3/h9-11H,8H2,1-7H3. The molecule has 2 unspecified atom stereocenters. The van der Waals surface area contributed by atoms with Gasteiger partial charge in [-0.05, 0) is 23.2 Å². The van der Waals surface area contributed by atoms with Gasteiger partial charge in [0.15, 0.2) is 0 Å². The molecule has 0 aliphatic heterocycles. The van der Waals surface area contributed by atoms with Crippen molar-refractivity contribution in [2.75, 3.05) is 0 Å². The van der Waals surface area contributed by atoms with Crippen LogP contribution in [0.15, 0.2) is 0 Å². The summed E-state index contributed by atoms with van der Waals surface area (Å²) in [7, 11) is 0. The Balaban J connectivity index is 4.34. The van der Waals surface area contributed by atoms with E-state index in [1.54, 1.807) is 0 Å². The first-order valence-electron chi connectivity index (χ1n) is 5.34. The quantitative estimate of drug-likeness (QED) is 0.588. The van der Waals surface area contributed by atoms with E-state index in [0.29, 0.717) is 5.41 Å². The summed E-state index contributed by atoms with van der Waals surface area (Å²) in [5.74, 6) is 2.45. The first-order valence-corrected chi connectivity index (χ1v) is 5.34. The van der Waals surface area contributed by atoms with Gasteiger partial charge in [0.2, 0.25) is 0 Å². The molecule has 12 heavy (non-hydrogen) atoms. The molecule has 2 atom stereocenters. The lowest BCUT2D eigenvalue weighted by Crippen LogP contribution is -2.31. The van der Waals surface area contributed by atoms with Gasteiger partial charge in [-0.1, -0.05) is 54.9 Å². The van der Waals surface area contributed by atoms with Crippen LogP contribution in [-0.4, -0.2) is 0 Å². The molecule has 0 saturated carbocycles. The van der Waals surface area contributed by atoms with Crippen LogP contribution in [0.4, 0.5) is 0 Å². The van der Waals surface area contributed by atoms with Crippen molar-refractivity contribution >= 4 is 0 Å². The van der Waals surface area contributed by atoms with Gasteiger partial charge < -0.3 is 0 Å². The van der Waals surface area contributed by atoms with E-state index in [1.165, 1.54) is 6.42 Å². The lowest BCUT2D eigenvalue weighted by Gasteiger charge is -2.39. The van der Waals surface area contributed by atoms with Crippen molar-refractivity contribution in [1.29, 1.82) is 0 Å². The summed E-state index contributed by atoms with van der Waals surface area (Å²) in [6, 6.07) is 0. The monoisotopic (exact) mass is 170 g/mol. The number of hydrogen-bond donors (Lipinski definition) is 0. The molecule has 74 valence electrons. The Kier molecular flexibility index (Phi) is 4.30. The number of hydrogen-bond acceptors (Lipinski definition) is 0. The molecule has 0 bridgehead atoms. The van der Waals surface area contributed by atoms with Gasteiger partial charge in [0.05, 0.1) is 0 Å². The van der Waals surface area contributed by atoms with Crippen molar-refractivity contribution in [1.82, 2.24) is 0 Å². The summed E-state index contributed by atoms with van der Waals surface area (Å²) in [6.07, 6.45) is 1.30. The smallest absolute Gasteiger partial charge is 0.0303 e. The topological polar surface area (TPSA) is 0 Å². The van der Waals surface area contributed by atoms with Crippen LogP contribution in [0.5, 0.6) is 0 Å². The molecule has 0 rings (SSSR count). The van der Waals surface area contributed by atoms with Crippen LogP contribution in [0.1, 0.15) is 54.9 Å². The predicted octanol–water partition coefficient (Wildman–Crippen LogP) is 4.35. The van der Waals surface area contributed by atoms with Gasteiger partial charge in [0.1, 0.15) is 0 Å². The van der Waals surface area contributed by atoms with E-state index >= 15 is 0 Å². The van der Waals surface area contributed by atoms with Crippen LogP contribution in [0.2, 0.25) is 0 Å². The Bertz CT molecular complexity index is 122. The van der Waals surface area contributed by atoms with Crippen LogP contribution in [0.3, 0.4) is 0 Å². The minimum Gasteiger partial charge on any atom is -0.0651 e. The van der Waals surface area contributed by atoms with Crippen LogP contribution in [0, 0.1) is 23.2 Å². The van der Waals surface area contributed by atoms with Crippen molar-refractivity contribution in [2.24, 2.45) is 23.2 Å². The zero-order valence-corrected chi connectivity index (χ0v) is 9.94. The summed E-state index contributed by atoms with van der Waals surface area (Å²) >= 11 is 0. The fraction of sp³-hybridized carbons (Fsp3) is 1.00.